The van der Waals surface area contributed by atoms with Crippen molar-refractivity contribution in [3.05, 3.63) is 24.0 Å². The maximum atomic E-state index is 11.5. The minimum atomic E-state index is -4.03. The average molecular weight is 278 g/mol. The van der Waals surface area contributed by atoms with Crippen molar-refractivity contribution in [1.82, 2.24) is 9.55 Å². The van der Waals surface area contributed by atoms with E-state index < -0.39 is 18.7 Å². The third kappa shape index (κ3) is 8.20. The van der Waals surface area contributed by atoms with E-state index in [1.807, 2.05) is 0 Å². The highest BCUT2D eigenvalue weighted by Gasteiger charge is 2.24. The lowest BCUT2D eigenvalue weighted by Gasteiger charge is -2.18. The predicted octanol–water partition coefficient (Wildman–Crippen LogP) is 3.13. The number of nitrogens with zero attached hydrogens (tertiary/aromatic N) is 3. The van der Waals surface area contributed by atoms with Crippen LogP contribution in [0, 0.1) is 5.92 Å². The molecule has 1 aliphatic rings. The topological polar surface area (TPSA) is 69.2 Å². The highest BCUT2D eigenvalue weighted by Crippen LogP contribution is 2.30. The maximum Gasteiger partial charge on any atom is 0.416 e. The lowest BCUT2D eigenvalue weighted by Crippen LogP contribution is -2.09. The minimum Gasteiger partial charge on any atom is -0.662 e. The van der Waals surface area contributed by atoms with Gasteiger partial charge in [0.1, 0.15) is 6.33 Å². The first-order valence-electron chi connectivity index (χ1n) is 5.80. The summed E-state index contributed by atoms with van der Waals surface area (Å²) < 4.78 is 35.6. The van der Waals surface area contributed by atoms with Gasteiger partial charge in [0, 0.05) is 18.8 Å². The van der Waals surface area contributed by atoms with E-state index in [0.29, 0.717) is 12.5 Å². The Hall–Kier alpha value is -1.57. The number of hydrogen-bond acceptors (Lipinski definition) is 2. The van der Waals surface area contributed by atoms with Gasteiger partial charge in [-0.25, -0.2) is 14.3 Å². The third-order valence-electron chi connectivity index (χ3n) is 2.36. The molecular weight excluding hydrogens is 263 g/mol. The summed E-state index contributed by atoms with van der Waals surface area (Å²) in [6.07, 6.45) is 0.485. The highest BCUT2D eigenvalue weighted by atomic mass is 19.4. The Bertz CT molecular complexity index is 375. The first kappa shape index (κ1) is 15.5. The van der Waals surface area contributed by atoms with Crippen molar-refractivity contribution in [2.24, 2.45) is 5.92 Å². The minimum absolute atomic E-state index is 0.0556. The Balaban J connectivity index is 0.000000200. The second-order valence-electron chi connectivity index (χ2n) is 4.19. The fourth-order valence-electron chi connectivity index (χ4n) is 1.15. The molecular formula is C11H15F3N3O2-. The zero-order chi connectivity index (χ0) is 14.3. The van der Waals surface area contributed by atoms with Gasteiger partial charge >= 0.3 is 12.3 Å². The molecule has 0 unspecified atom stereocenters. The Kier molecular flexibility index (Phi) is 5.81. The van der Waals surface area contributed by atoms with Crippen LogP contribution in [0.25, 0.3) is 5.32 Å². The molecule has 1 N–H and O–H groups in total. The van der Waals surface area contributed by atoms with Gasteiger partial charge in [0.25, 0.3) is 0 Å². The zero-order valence-electron chi connectivity index (χ0n) is 10.2. The molecule has 1 aliphatic carbocycles. The summed E-state index contributed by atoms with van der Waals surface area (Å²) in [5, 5.41) is 12.0. The molecule has 0 radical (unpaired) electrons. The second-order valence-corrected chi connectivity index (χ2v) is 4.19. The van der Waals surface area contributed by atoms with Crippen molar-refractivity contribution in [2.45, 2.75) is 25.4 Å². The second kappa shape index (κ2) is 7.13. The van der Waals surface area contributed by atoms with Crippen LogP contribution in [0.5, 0.6) is 0 Å². The molecule has 8 heteroatoms. The van der Waals surface area contributed by atoms with Crippen LogP contribution in [0.4, 0.5) is 18.0 Å². The quantitative estimate of drug-likeness (QED) is 0.860. The molecule has 0 saturated heterocycles. The number of carbonyl (C=O) groups is 1. The third-order valence-corrected chi connectivity index (χ3v) is 2.36. The fraction of sp³-hybridized carbons (Fsp3) is 0.636. The molecule has 1 aromatic rings. The van der Waals surface area contributed by atoms with Crippen LogP contribution in [0.3, 0.4) is 0 Å². The van der Waals surface area contributed by atoms with Gasteiger partial charge in [-0.2, -0.15) is 13.2 Å². The molecule has 0 atom stereocenters. The van der Waals surface area contributed by atoms with Crippen LogP contribution in [-0.4, -0.2) is 40.0 Å². The van der Waals surface area contributed by atoms with Crippen LogP contribution in [0.2, 0.25) is 0 Å². The number of alkyl halides is 3. The summed E-state index contributed by atoms with van der Waals surface area (Å²) >= 11 is 0. The number of imidazole rings is 1. The molecule has 0 bridgehead atoms. The Labute approximate surface area is 108 Å². The lowest BCUT2D eigenvalue weighted by molar-refractivity contribution is -0.131. The van der Waals surface area contributed by atoms with Crippen molar-refractivity contribution in [3.63, 3.8) is 0 Å². The van der Waals surface area contributed by atoms with Crippen LogP contribution in [-0.2, 0) is 0 Å². The largest absolute Gasteiger partial charge is 0.662 e. The molecule has 2 rings (SSSR count). The van der Waals surface area contributed by atoms with Gasteiger partial charge in [0.15, 0.2) is 0 Å². The van der Waals surface area contributed by atoms with Gasteiger partial charge in [-0.05, 0) is 0 Å². The van der Waals surface area contributed by atoms with Crippen molar-refractivity contribution in [1.29, 1.82) is 0 Å². The normalized spacial score (nSPS) is 14.7. The van der Waals surface area contributed by atoms with Crippen molar-refractivity contribution >= 4 is 6.09 Å². The van der Waals surface area contributed by atoms with E-state index in [-0.39, 0.29) is 6.54 Å². The van der Waals surface area contributed by atoms with Crippen LogP contribution in [0.1, 0.15) is 19.3 Å². The number of hydrogen-bond donors (Lipinski definition) is 1. The van der Waals surface area contributed by atoms with E-state index in [9.17, 15) is 18.0 Å². The summed E-state index contributed by atoms with van der Waals surface area (Å²) in [5.41, 5.74) is 0. The van der Waals surface area contributed by atoms with Crippen LogP contribution >= 0.6 is 0 Å². The molecule has 5 nitrogen and oxygen atoms in total. The number of halogens is 3. The smallest absolute Gasteiger partial charge is 0.416 e. The molecule has 108 valence electrons. The van der Waals surface area contributed by atoms with E-state index in [4.69, 9.17) is 5.11 Å². The number of aromatic nitrogens is 2. The van der Waals surface area contributed by atoms with Gasteiger partial charge < -0.3 is 10.4 Å². The van der Waals surface area contributed by atoms with Gasteiger partial charge in [-0.15, -0.1) is 13.1 Å². The fourth-order valence-corrected chi connectivity index (χ4v) is 1.15. The molecule has 1 saturated carbocycles. The first-order valence-corrected chi connectivity index (χ1v) is 5.80. The zero-order valence-corrected chi connectivity index (χ0v) is 10.2. The van der Waals surface area contributed by atoms with Crippen molar-refractivity contribution < 1.29 is 23.1 Å². The molecule has 0 spiro atoms. The van der Waals surface area contributed by atoms with Crippen LogP contribution < -0.4 is 0 Å². The van der Waals surface area contributed by atoms with Gasteiger partial charge in [-0.1, -0.05) is 18.8 Å². The maximum absolute atomic E-state index is 11.5. The van der Waals surface area contributed by atoms with E-state index in [0.717, 1.165) is 17.4 Å². The molecule has 0 aromatic carbocycles. The first-order chi connectivity index (χ1) is 8.88. The Morgan fingerprint density at radius 3 is 2.53 bits per heavy atom. The number of rotatable bonds is 4. The van der Waals surface area contributed by atoms with Gasteiger partial charge in [0.05, 0.1) is 0 Å². The molecule has 0 aliphatic heterocycles. The molecule has 1 fully saturated rings. The predicted molar refractivity (Wildman–Crippen MR) is 62.1 cm³/mol. The summed E-state index contributed by atoms with van der Waals surface area (Å²) in [4.78, 5) is 13.5. The Morgan fingerprint density at radius 2 is 2.16 bits per heavy atom. The van der Waals surface area contributed by atoms with E-state index in [1.165, 1.54) is 18.7 Å². The SMILES string of the molecule is FC(F)(F)CC[N-]CC1CC1.O=C(O)n1ccnc1. The molecule has 1 heterocycles. The summed E-state index contributed by atoms with van der Waals surface area (Å²) in [5.74, 6) is 0.600. The summed E-state index contributed by atoms with van der Waals surface area (Å²) in [6.45, 7) is 0.579. The van der Waals surface area contributed by atoms with E-state index in [2.05, 4.69) is 10.3 Å². The highest BCUT2D eigenvalue weighted by molar-refractivity contribution is 5.67. The van der Waals surface area contributed by atoms with E-state index >= 15 is 0 Å². The summed E-state index contributed by atoms with van der Waals surface area (Å²) in [6, 6.07) is 0. The van der Waals surface area contributed by atoms with E-state index in [1.54, 1.807) is 0 Å². The monoisotopic (exact) mass is 278 g/mol. The van der Waals surface area contributed by atoms with Crippen molar-refractivity contribution in [3.8, 4) is 0 Å². The standard InChI is InChI=1S/C7H11F3N.C4H4N2O2/c8-7(9,10)3-4-11-5-6-1-2-6;7-4(8)6-2-1-5-3-6/h6H,1-5H2;1-3H,(H,7,8)/q-1;. The Morgan fingerprint density at radius 1 is 1.47 bits per heavy atom. The lowest BCUT2D eigenvalue weighted by atomic mass is 10.4. The molecule has 0 amide bonds. The van der Waals surface area contributed by atoms with Crippen LogP contribution in [0.15, 0.2) is 18.7 Å². The number of carboxylic acid groups (broad SMARTS) is 1. The molecule has 19 heavy (non-hydrogen) atoms. The van der Waals surface area contributed by atoms with Gasteiger partial charge in [0.2, 0.25) is 0 Å². The molecule has 1 aromatic heterocycles. The van der Waals surface area contributed by atoms with Crippen molar-refractivity contribution in [2.75, 3.05) is 13.1 Å². The van der Waals surface area contributed by atoms with Gasteiger partial charge in [-0.3, -0.25) is 0 Å². The summed E-state index contributed by atoms with van der Waals surface area (Å²) in [7, 11) is 0. The average Bonchev–Trinajstić information content (AvgIpc) is 2.94.